The first-order valence-corrected chi connectivity index (χ1v) is 8.59. The number of nitrogens with one attached hydrogen (secondary N) is 1. The fourth-order valence-electron chi connectivity index (χ4n) is 3.01. The van der Waals surface area contributed by atoms with E-state index in [-0.39, 0.29) is 5.91 Å². The molecule has 126 valence electrons. The molecular formula is C22H15ClN2O. The molecule has 0 spiro atoms. The zero-order valence-electron chi connectivity index (χ0n) is 13.8. The standard InChI is InChI=1S/C22H15ClN2O/c23-18-11-9-15(10-12-18)22(26)25-24-14-21-19-7-3-1-5-16(19)13-17-6-2-4-8-20(17)21/h1-14H,(H,25,26). The van der Waals surface area contributed by atoms with Crippen LogP contribution in [-0.2, 0) is 0 Å². The lowest BCUT2D eigenvalue weighted by Gasteiger charge is -2.08. The number of fused-ring (bicyclic) bond motifs is 2. The number of amides is 1. The maximum Gasteiger partial charge on any atom is 0.271 e. The minimum absolute atomic E-state index is 0.276. The van der Waals surface area contributed by atoms with Crippen molar-refractivity contribution in [3.05, 3.63) is 95.0 Å². The van der Waals surface area contributed by atoms with Crippen molar-refractivity contribution in [2.24, 2.45) is 5.10 Å². The second-order valence-electron chi connectivity index (χ2n) is 5.94. The summed E-state index contributed by atoms with van der Waals surface area (Å²) in [6, 6.07) is 25.2. The van der Waals surface area contributed by atoms with E-state index in [9.17, 15) is 4.79 Å². The van der Waals surface area contributed by atoms with E-state index in [0.29, 0.717) is 10.6 Å². The van der Waals surface area contributed by atoms with Crippen molar-refractivity contribution in [2.75, 3.05) is 0 Å². The molecule has 3 nitrogen and oxygen atoms in total. The fourth-order valence-corrected chi connectivity index (χ4v) is 3.14. The van der Waals surface area contributed by atoms with Crippen molar-refractivity contribution < 1.29 is 4.79 Å². The van der Waals surface area contributed by atoms with Crippen LogP contribution in [0.4, 0.5) is 0 Å². The van der Waals surface area contributed by atoms with Crippen LogP contribution in [0.2, 0.25) is 5.02 Å². The summed E-state index contributed by atoms with van der Waals surface area (Å²) in [5, 5.41) is 9.23. The first-order chi connectivity index (χ1) is 12.7. The number of hydrogen-bond donors (Lipinski definition) is 1. The van der Waals surface area contributed by atoms with E-state index in [1.54, 1.807) is 30.5 Å². The van der Waals surface area contributed by atoms with Crippen LogP contribution in [-0.4, -0.2) is 12.1 Å². The Hall–Kier alpha value is -3.17. The summed E-state index contributed by atoms with van der Waals surface area (Å²) in [6.07, 6.45) is 1.71. The summed E-state index contributed by atoms with van der Waals surface area (Å²) in [6.45, 7) is 0. The second kappa shape index (κ2) is 6.98. The molecule has 0 aliphatic heterocycles. The van der Waals surface area contributed by atoms with Crippen molar-refractivity contribution in [3.63, 3.8) is 0 Å². The third kappa shape index (κ3) is 3.17. The zero-order valence-corrected chi connectivity index (χ0v) is 14.6. The number of rotatable bonds is 3. The van der Waals surface area contributed by atoms with E-state index in [1.165, 1.54) is 0 Å². The van der Waals surface area contributed by atoms with Crippen LogP contribution in [0.15, 0.2) is 84.0 Å². The quantitative estimate of drug-likeness (QED) is 0.297. The number of benzene rings is 4. The number of hydrazone groups is 1. The molecule has 0 saturated carbocycles. The predicted octanol–water partition coefficient (Wildman–Crippen LogP) is 5.41. The van der Waals surface area contributed by atoms with Gasteiger partial charge in [0.25, 0.3) is 5.91 Å². The minimum Gasteiger partial charge on any atom is -0.267 e. The minimum atomic E-state index is -0.276. The Kier molecular flexibility index (Phi) is 4.38. The summed E-state index contributed by atoms with van der Waals surface area (Å²) in [4.78, 5) is 12.2. The predicted molar refractivity (Wildman–Crippen MR) is 108 cm³/mol. The van der Waals surface area contributed by atoms with Gasteiger partial charge in [-0.1, -0.05) is 60.1 Å². The van der Waals surface area contributed by atoms with E-state index in [0.717, 1.165) is 27.1 Å². The Morgan fingerprint density at radius 2 is 1.42 bits per heavy atom. The first-order valence-electron chi connectivity index (χ1n) is 8.22. The summed E-state index contributed by atoms with van der Waals surface area (Å²) in [5.74, 6) is -0.276. The molecule has 0 unspecified atom stereocenters. The van der Waals surface area contributed by atoms with Crippen molar-refractivity contribution >= 4 is 45.3 Å². The van der Waals surface area contributed by atoms with Gasteiger partial charge in [0.2, 0.25) is 0 Å². The molecule has 0 aromatic heterocycles. The highest BCUT2D eigenvalue weighted by atomic mass is 35.5. The average molecular weight is 359 g/mol. The Bertz CT molecular complexity index is 1080. The van der Waals surface area contributed by atoms with Gasteiger partial charge < -0.3 is 0 Å². The van der Waals surface area contributed by atoms with Crippen LogP contribution in [0.25, 0.3) is 21.5 Å². The summed E-state index contributed by atoms with van der Waals surface area (Å²) >= 11 is 5.85. The van der Waals surface area contributed by atoms with Gasteiger partial charge >= 0.3 is 0 Å². The van der Waals surface area contributed by atoms with Gasteiger partial charge in [-0.2, -0.15) is 5.10 Å². The van der Waals surface area contributed by atoms with Crippen LogP contribution >= 0.6 is 11.6 Å². The highest BCUT2D eigenvalue weighted by molar-refractivity contribution is 6.30. The highest BCUT2D eigenvalue weighted by Gasteiger charge is 2.06. The van der Waals surface area contributed by atoms with Crippen LogP contribution in [0.1, 0.15) is 15.9 Å². The van der Waals surface area contributed by atoms with Crippen LogP contribution in [0.5, 0.6) is 0 Å². The van der Waals surface area contributed by atoms with Crippen LogP contribution in [0, 0.1) is 0 Å². The molecule has 1 N–H and O–H groups in total. The van der Waals surface area contributed by atoms with Gasteiger partial charge in [-0.25, -0.2) is 5.43 Å². The summed E-state index contributed by atoms with van der Waals surface area (Å²) in [5.41, 5.74) is 4.07. The molecule has 0 aliphatic carbocycles. The van der Waals surface area contributed by atoms with E-state index >= 15 is 0 Å². The van der Waals surface area contributed by atoms with Gasteiger partial charge in [-0.15, -0.1) is 0 Å². The zero-order chi connectivity index (χ0) is 17.9. The molecule has 4 aromatic carbocycles. The van der Waals surface area contributed by atoms with Crippen molar-refractivity contribution in [1.29, 1.82) is 0 Å². The monoisotopic (exact) mass is 358 g/mol. The van der Waals surface area contributed by atoms with Gasteiger partial charge in [0.1, 0.15) is 0 Å². The molecule has 4 rings (SSSR count). The molecule has 4 aromatic rings. The van der Waals surface area contributed by atoms with Gasteiger partial charge in [-0.05, 0) is 51.9 Å². The van der Waals surface area contributed by atoms with Gasteiger partial charge in [0.15, 0.2) is 0 Å². The van der Waals surface area contributed by atoms with Crippen molar-refractivity contribution in [1.82, 2.24) is 5.43 Å². The van der Waals surface area contributed by atoms with E-state index < -0.39 is 0 Å². The van der Waals surface area contributed by atoms with E-state index in [4.69, 9.17) is 11.6 Å². The molecule has 1 amide bonds. The number of carbonyl (C=O) groups excluding carboxylic acids is 1. The highest BCUT2D eigenvalue weighted by Crippen LogP contribution is 2.27. The van der Waals surface area contributed by atoms with Crippen LogP contribution < -0.4 is 5.43 Å². The Morgan fingerprint density at radius 1 is 0.846 bits per heavy atom. The molecule has 4 heteroatoms. The smallest absolute Gasteiger partial charge is 0.267 e. The number of halogens is 1. The first kappa shape index (κ1) is 16.3. The summed E-state index contributed by atoms with van der Waals surface area (Å²) in [7, 11) is 0. The normalized spacial score (nSPS) is 11.3. The topological polar surface area (TPSA) is 41.5 Å². The third-order valence-electron chi connectivity index (χ3n) is 4.28. The molecule has 0 saturated heterocycles. The van der Waals surface area contributed by atoms with Crippen LogP contribution in [0.3, 0.4) is 0 Å². The average Bonchev–Trinajstić information content (AvgIpc) is 2.68. The Balaban J connectivity index is 1.70. The SMILES string of the molecule is O=C(NN=Cc1c2ccccc2cc2ccccc12)c1ccc(Cl)cc1. The lowest BCUT2D eigenvalue weighted by molar-refractivity contribution is 0.0955. The molecule has 0 atom stereocenters. The number of hydrogen-bond acceptors (Lipinski definition) is 2. The maximum absolute atomic E-state index is 12.2. The Morgan fingerprint density at radius 3 is 2.04 bits per heavy atom. The van der Waals surface area contributed by atoms with Crippen molar-refractivity contribution in [3.8, 4) is 0 Å². The van der Waals surface area contributed by atoms with Gasteiger partial charge in [0, 0.05) is 16.1 Å². The largest absolute Gasteiger partial charge is 0.271 e. The number of carbonyl (C=O) groups is 1. The third-order valence-corrected chi connectivity index (χ3v) is 4.53. The summed E-state index contributed by atoms with van der Waals surface area (Å²) < 4.78 is 0. The van der Waals surface area contributed by atoms with Gasteiger partial charge in [-0.3, -0.25) is 4.79 Å². The molecular weight excluding hydrogens is 344 g/mol. The van der Waals surface area contributed by atoms with Crippen molar-refractivity contribution in [2.45, 2.75) is 0 Å². The fraction of sp³-hybridized carbons (Fsp3) is 0. The lowest BCUT2D eigenvalue weighted by Crippen LogP contribution is -2.17. The van der Waals surface area contributed by atoms with E-state index in [2.05, 4.69) is 40.9 Å². The number of nitrogens with zero attached hydrogens (tertiary/aromatic N) is 1. The second-order valence-corrected chi connectivity index (χ2v) is 6.37. The maximum atomic E-state index is 12.2. The molecule has 0 aliphatic rings. The Labute approximate surface area is 155 Å². The molecule has 0 radical (unpaired) electrons. The molecule has 0 heterocycles. The van der Waals surface area contributed by atoms with Gasteiger partial charge in [0.05, 0.1) is 6.21 Å². The van der Waals surface area contributed by atoms with E-state index in [1.807, 2.05) is 24.3 Å². The molecule has 26 heavy (non-hydrogen) atoms. The molecule has 0 bridgehead atoms. The molecule has 0 fully saturated rings. The lowest BCUT2D eigenvalue weighted by atomic mass is 9.97.